The van der Waals surface area contributed by atoms with Crippen molar-refractivity contribution in [1.82, 2.24) is 15.5 Å². The fourth-order valence-electron chi connectivity index (χ4n) is 3.17. The Labute approximate surface area is 166 Å². The third-order valence-corrected chi connectivity index (χ3v) is 4.75. The first-order valence-electron chi connectivity index (χ1n) is 9.71. The second-order valence-electron chi connectivity index (χ2n) is 7.64. The van der Waals surface area contributed by atoms with Crippen molar-refractivity contribution in [3.8, 4) is 5.75 Å². The van der Waals surface area contributed by atoms with Crippen molar-refractivity contribution in [3.05, 3.63) is 23.8 Å². The lowest BCUT2D eigenvalue weighted by Crippen LogP contribution is -2.49. The number of fused-ring (bicyclic) bond motifs is 1. The Balaban J connectivity index is 2.39. The highest BCUT2D eigenvalue weighted by Crippen LogP contribution is 2.30. The molecule has 3 amide bonds. The number of urea groups is 1. The zero-order valence-corrected chi connectivity index (χ0v) is 17.3. The van der Waals surface area contributed by atoms with Crippen LogP contribution in [0.25, 0.3) is 0 Å². The predicted octanol–water partition coefficient (Wildman–Crippen LogP) is 1.66. The minimum Gasteiger partial charge on any atom is -0.488 e. The number of hydrogen-bond donors (Lipinski definition) is 4. The number of anilines is 1. The molecular formula is C20H32N4O4. The summed E-state index contributed by atoms with van der Waals surface area (Å²) in [5.74, 6) is 0.328. The van der Waals surface area contributed by atoms with E-state index in [-0.39, 0.29) is 42.7 Å². The number of carbonyl (C=O) groups excluding carboxylic acids is 2. The minimum atomic E-state index is -0.337. The van der Waals surface area contributed by atoms with Crippen LogP contribution in [-0.2, 0) is 0 Å². The average Bonchev–Trinajstić information content (AvgIpc) is 2.63. The topological polar surface area (TPSA) is 103 Å². The number of aliphatic hydroxyl groups is 1. The quantitative estimate of drug-likeness (QED) is 0.590. The molecule has 156 valence electrons. The van der Waals surface area contributed by atoms with E-state index >= 15 is 0 Å². The highest BCUT2D eigenvalue weighted by molar-refractivity contribution is 5.99. The van der Waals surface area contributed by atoms with Crippen LogP contribution in [0.2, 0.25) is 0 Å². The summed E-state index contributed by atoms with van der Waals surface area (Å²) >= 11 is 0. The summed E-state index contributed by atoms with van der Waals surface area (Å²) in [4.78, 5) is 26.9. The number of aliphatic hydroxyl groups excluding tert-OH is 1. The van der Waals surface area contributed by atoms with Crippen molar-refractivity contribution < 1.29 is 19.4 Å². The summed E-state index contributed by atoms with van der Waals surface area (Å²) < 4.78 is 6.15. The molecule has 0 saturated heterocycles. The zero-order valence-electron chi connectivity index (χ0n) is 17.3. The van der Waals surface area contributed by atoms with Gasteiger partial charge in [0.05, 0.1) is 18.2 Å². The molecule has 1 aromatic carbocycles. The molecule has 3 atom stereocenters. The van der Waals surface area contributed by atoms with Gasteiger partial charge in [-0.25, -0.2) is 4.79 Å². The van der Waals surface area contributed by atoms with Crippen LogP contribution in [-0.4, -0.2) is 66.9 Å². The monoisotopic (exact) mass is 392 g/mol. The Hall–Kier alpha value is -2.32. The van der Waals surface area contributed by atoms with Crippen LogP contribution < -0.4 is 20.7 Å². The highest BCUT2D eigenvalue weighted by Gasteiger charge is 2.32. The minimum absolute atomic E-state index is 0.000935. The van der Waals surface area contributed by atoms with Gasteiger partial charge in [0.1, 0.15) is 11.9 Å². The van der Waals surface area contributed by atoms with Crippen LogP contribution in [0, 0.1) is 5.92 Å². The number of benzene rings is 1. The van der Waals surface area contributed by atoms with E-state index in [4.69, 9.17) is 4.74 Å². The summed E-state index contributed by atoms with van der Waals surface area (Å²) in [6.07, 6.45) is -0.131. The molecule has 1 heterocycles. The first kappa shape index (κ1) is 22.0. The Kier molecular flexibility index (Phi) is 7.65. The summed E-state index contributed by atoms with van der Waals surface area (Å²) in [6, 6.07) is 4.39. The van der Waals surface area contributed by atoms with Gasteiger partial charge < -0.3 is 30.7 Å². The van der Waals surface area contributed by atoms with Gasteiger partial charge in [0.15, 0.2) is 0 Å². The molecule has 4 N–H and O–H groups in total. The number of amides is 3. The fraction of sp³-hybridized carbons (Fsp3) is 0.600. The first-order chi connectivity index (χ1) is 13.3. The van der Waals surface area contributed by atoms with Gasteiger partial charge in [0.2, 0.25) is 0 Å². The van der Waals surface area contributed by atoms with Crippen LogP contribution >= 0.6 is 0 Å². The molecule has 2 rings (SSSR count). The second-order valence-corrected chi connectivity index (χ2v) is 7.64. The summed E-state index contributed by atoms with van der Waals surface area (Å²) in [6.45, 7) is 8.57. The highest BCUT2D eigenvalue weighted by atomic mass is 16.5. The number of nitrogens with one attached hydrogen (secondary N) is 3. The standard InChI is InChI=1S/C20H32N4O4/c1-12(2)22-20(27)23-15-6-7-17-16(8-15)19(26)24(14(4)11-25)10-13(3)18(28-17)9-21-5/h6-8,12-14,18,21,25H,9-11H2,1-5H3,(H2,22,23,27)/t13-,14-,18-/m1/s1. The van der Waals surface area contributed by atoms with Crippen molar-refractivity contribution in [3.63, 3.8) is 0 Å². The second kappa shape index (κ2) is 9.75. The molecule has 0 saturated carbocycles. The molecule has 1 aliphatic rings. The summed E-state index contributed by atoms with van der Waals surface area (Å²) in [5.41, 5.74) is 0.875. The molecule has 0 fully saturated rings. The molecule has 8 nitrogen and oxygen atoms in total. The maximum Gasteiger partial charge on any atom is 0.319 e. The van der Waals surface area contributed by atoms with E-state index < -0.39 is 0 Å². The summed E-state index contributed by atoms with van der Waals surface area (Å²) in [7, 11) is 1.86. The number of likely N-dealkylation sites (N-methyl/N-ethyl adjacent to an activating group) is 1. The molecule has 28 heavy (non-hydrogen) atoms. The van der Waals surface area contributed by atoms with Gasteiger partial charge >= 0.3 is 6.03 Å². The van der Waals surface area contributed by atoms with Crippen molar-refractivity contribution in [2.24, 2.45) is 5.92 Å². The molecule has 8 heteroatoms. The van der Waals surface area contributed by atoms with Crippen LogP contribution in [0.3, 0.4) is 0 Å². The third kappa shape index (κ3) is 5.36. The van der Waals surface area contributed by atoms with Gasteiger partial charge in [0, 0.05) is 30.7 Å². The first-order valence-corrected chi connectivity index (χ1v) is 9.71. The maximum absolute atomic E-state index is 13.2. The number of ether oxygens (including phenoxy) is 1. The molecule has 1 aromatic rings. The zero-order chi connectivity index (χ0) is 20.8. The lowest BCUT2D eigenvalue weighted by Gasteiger charge is -2.37. The van der Waals surface area contributed by atoms with Gasteiger partial charge in [-0.05, 0) is 46.0 Å². The Morgan fingerprint density at radius 3 is 2.68 bits per heavy atom. The van der Waals surface area contributed by atoms with E-state index in [0.29, 0.717) is 30.1 Å². The number of rotatable bonds is 6. The number of hydrogen-bond acceptors (Lipinski definition) is 5. The lowest BCUT2D eigenvalue weighted by atomic mass is 9.99. The summed E-state index contributed by atoms with van der Waals surface area (Å²) in [5, 5.41) is 18.3. The number of carbonyl (C=O) groups is 2. The van der Waals surface area contributed by atoms with Gasteiger partial charge in [-0.1, -0.05) is 6.92 Å². The molecule has 0 aromatic heterocycles. The van der Waals surface area contributed by atoms with Crippen molar-refractivity contribution in [1.29, 1.82) is 0 Å². The van der Waals surface area contributed by atoms with Crippen LogP contribution in [0.15, 0.2) is 18.2 Å². The van der Waals surface area contributed by atoms with Gasteiger partial charge in [-0.15, -0.1) is 0 Å². The lowest BCUT2D eigenvalue weighted by molar-refractivity contribution is 0.0416. The van der Waals surface area contributed by atoms with Crippen molar-refractivity contribution in [2.75, 3.05) is 32.1 Å². The molecule has 0 spiro atoms. The van der Waals surface area contributed by atoms with Gasteiger partial charge in [0.25, 0.3) is 5.91 Å². The van der Waals surface area contributed by atoms with Crippen LogP contribution in [0.4, 0.5) is 10.5 Å². The molecular weight excluding hydrogens is 360 g/mol. The van der Waals surface area contributed by atoms with E-state index in [2.05, 4.69) is 16.0 Å². The van der Waals surface area contributed by atoms with Crippen molar-refractivity contribution in [2.45, 2.75) is 45.9 Å². The predicted molar refractivity (Wildman–Crippen MR) is 109 cm³/mol. The fourth-order valence-corrected chi connectivity index (χ4v) is 3.17. The third-order valence-electron chi connectivity index (χ3n) is 4.75. The molecule has 0 bridgehead atoms. The Morgan fingerprint density at radius 1 is 1.36 bits per heavy atom. The largest absolute Gasteiger partial charge is 0.488 e. The van der Waals surface area contributed by atoms with Crippen LogP contribution in [0.5, 0.6) is 5.75 Å². The van der Waals surface area contributed by atoms with E-state index in [1.807, 2.05) is 34.7 Å². The van der Waals surface area contributed by atoms with Crippen LogP contribution in [0.1, 0.15) is 38.1 Å². The molecule has 0 radical (unpaired) electrons. The molecule has 0 unspecified atom stereocenters. The average molecular weight is 393 g/mol. The van der Waals surface area contributed by atoms with E-state index in [9.17, 15) is 14.7 Å². The SMILES string of the molecule is CNC[C@H]1Oc2ccc(NC(=O)NC(C)C)cc2C(=O)N([C@H](C)CO)C[C@H]1C. The number of nitrogens with zero attached hydrogens (tertiary/aromatic N) is 1. The van der Waals surface area contributed by atoms with Gasteiger partial charge in [-0.2, -0.15) is 0 Å². The van der Waals surface area contributed by atoms with Gasteiger partial charge in [-0.3, -0.25) is 4.79 Å². The normalized spacial score (nSPS) is 20.7. The van der Waals surface area contributed by atoms with E-state index in [1.54, 1.807) is 23.1 Å². The Bertz CT molecular complexity index is 695. The van der Waals surface area contributed by atoms with Crippen molar-refractivity contribution >= 4 is 17.6 Å². The molecule has 0 aliphatic carbocycles. The molecule has 1 aliphatic heterocycles. The van der Waals surface area contributed by atoms with E-state index in [1.165, 1.54) is 0 Å². The maximum atomic E-state index is 13.2. The van der Waals surface area contributed by atoms with E-state index in [0.717, 1.165) is 0 Å². The Morgan fingerprint density at radius 2 is 2.07 bits per heavy atom. The smallest absolute Gasteiger partial charge is 0.319 e.